The van der Waals surface area contributed by atoms with Crippen LogP contribution in [0.3, 0.4) is 0 Å². The average Bonchev–Trinajstić information content (AvgIpc) is 2.19. The summed E-state index contributed by atoms with van der Waals surface area (Å²) in [5.41, 5.74) is 7.88. The molecule has 15 heavy (non-hydrogen) atoms. The molecule has 2 rings (SSSR count). The van der Waals surface area contributed by atoms with Crippen LogP contribution in [0.2, 0.25) is 0 Å². The second-order valence-electron chi connectivity index (χ2n) is 3.79. The smallest absolute Gasteiger partial charge is 0.149 e. The molecule has 1 aromatic heterocycles. The van der Waals surface area contributed by atoms with Gasteiger partial charge in [0.2, 0.25) is 0 Å². The molecule has 2 aromatic rings. The quantitative estimate of drug-likeness (QED) is 0.775. The Bertz CT molecular complexity index is 506. The summed E-state index contributed by atoms with van der Waals surface area (Å²) in [7, 11) is 0. The van der Waals surface area contributed by atoms with Crippen LogP contribution in [0.15, 0.2) is 24.3 Å². The summed E-state index contributed by atoms with van der Waals surface area (Å²) >= 11 is 0. The van der Waals surface area contributed by atoms with Crippen LogP contribution in [-0.4, -0.2) is 4.98 Å². The van der Waals surface area contributed by atoms with E-state index in [0.717, 1.165) is 16.6 Å². The fourth-order valence-corrected chi connectivity index (χ4v) is 1.64. The standard InChI is InChI=1S/C12H13FN2/c1-7-6-11(8(2)14)15-12-9(7)4-3-5-10(12)13/h3-6,8H,14H2,1-2H3. The second-order valence-corrected chi connectivity index (χ2v) is 3.79. The number of aromatic nitrogens is 1. The molecule has 78 valence electrons. The van der Waals surface area contributed by atoms with E-state index < -0.39 is 0 Å². The summed E-state index contributed by atoms with van der Waals surface area (Å²) < 4.78 is 13.5. The molecule has 2 nitrogen and oxygen atoms in total. The molecule has 0 radical (unpaired) electrons. The first-order chi connectivity index (χ1) is 7.09. The van der Waals surface area contributed by atoms with Crippen LogP contribution in [0.1, 0.15) is 24.2 Å². The number of hydrogen-bond acceptors (Lipinski definition) is 2. The van der Waals surface area contributed by atoms with Crippen molar-refractivity contribution in [1.82, 2.24) is 4.98 Å². The summed E-state index contributed by atoms with van der Waals surface area (Å²) in [6.45, 7) is 3.78. The zero-order chi connectivity index (χ0) is 11.0. The minimum atomic E-state index is -0.293. The number of nitrogens with two attached hydrogens (primary N) is 1. The maximum Gasteiger partial charge on any atom is 0.149 e. The Labute approximate surface area is 87.9 Å². The number of fused-ring (bicyclic) bond motifs is 1. The first-order valence-electron chi connectivity index (χ1n) is 4.91. The van der Waals surface area contributed by atoms with Gasteiger partial charge in [-0.3, -0.25) is 0 Å². The van der Waals surface area contributed by atoms with Crippen LogP contribution in [0.4, 0.5) is 4.39 Å². The topological polar surface area (TPSA) is 38.9 Å². The van der Waals surface area contributed by atoms with Crippen LogP contribution in [-0.2, 0) is 0 Å². The normalized spacial score (nSPS) is 13.1. The van der Waals surface area contributed by atoms with E-state index in [2.05, 4.69) is 4.98 Å². The van der Waals surface area contributed by atoms with Crippen molar-refractivity contribution in [2.75, 3.05) is 0 Å². The predicted molar refractivity (Wildman–Crippen MR) is 59.0 cm³/mol. The van der Waals surface area contributed by atoms with Gasteiger partial charge in [-0.2, -0.15) is 0 Å². The van der Waals surface area contributed by atoms with Gasteiger partial charge in [-0.1, -0.05) is 12.1 Å². The van der Waals surface area contributed by atoms with E-state index in [9.17, 15) is 4.39 Å². The number of nitrogens with zero attached hydrogens (tertiary/aromatic N) is 1. The van der Waals surface area contributed by atoms with Gasteiger partial charge in [-0.05, 0) is 31.5 Å². The second kappa shape index (κ2) is 3.59. The van der Waals surface area contributed by atoms with Crippen molar-refractivity contribution in [2.24, 2.45) is 5.73 Å². The Morgan fingerprint density at radius 1 is 1.40 bits per heavy atom. The van der Waals surface area contributed by atoms with Crippen LogP contribution in [0.5, 0.6) is 0 Å². The zero-order valence-electron chi connectivity index (χ0n) is 8.79. The van der Waals surface area contributed by atoms with E-state index in [4.69, 9.17) is 5.73 Å². The van der Waals surface area contributed by atoms with Crippen LogP contribution in [0, 0.1) is 12.7 Å². The SMILES string of the molecule is Cc1cc(C(C)N)nc2c(F)cccc12. The Kier molecular flexibility index (Phi) is 2.40. The van der Waals surface area contributed by atoms with E-state index >= 15 is 0 Å². The van der Waals surface area contributed by atoms with Crippen LogP contribution >= 0.6 is 0 Å². The Morgan fingerprint density at radius 2 is 2.13 bits per heavy atom. The third-order valence-corrected chi connectivity index (χ3v) is 2.48. The number of pyridine rings is 1. The maximum atomic E-state index is 13.5. The molecular formula is C12H13FN2. The number of halogens is 1. The average molecular weight is 204 g/mol. The lowest BCUT2D eigenvalue weighted by Gasteiger charge is -2.09. The van der Waals surface area contributed by atoms with Gasteiger partial charge >= 0.3 is 0 Å². The first kappa shape index (κ1) is 10.1. The third-order valence-electron chi connectivity index (χ3n) is 2.48. The summed E-state index contributed by atoms with van der Waals surface area (Å²) in [6, 6.07) is 6.71. The highest BCUT2D eigenvalue weighted by molar-refractivity contribution is 5.82. The summed E-state index contributed by atoms with van der Waals surface area (Å²) in [6.07, 6.45) is 0. The number of hydrogen-bond donors (Lipinski definition) is 1. The van der Waals surface area contributed by atoms with Crippen LogP contribution < -0.4 is 5.73 Å². The number of aryl methyl sites for hydroxylation is 1. The van der Waals surface area contributed by atoms with E-state index in [-0.39, 0.29) is 11.9 Å². The molecule has 1 unspecified atom stereocenters. The molecule has 0 aliphatic rings. The fraction of sp³-hybridized carbons (Fsp3) is 0.250. The van der Waals surface area contributed by atoms with Crippen molar-refractivity contribution in [1.29, 1.82) is 0 Å². The number of rotatable bonds is 1. The van der Waals surface area contributed by atoms with Crippen molar-refractivity contribution in [3.05, 3.63) is 41.3 Å². The minimum absolute atomic E-state index is 0.173. The molecule has 0 saturated heterocycles. The third kappa shape index (κ3) is 1.70. The molecule has 0 aliphatic carbocycles. The lowest BCUT2D eigenvalue weighted by Crippen LogP contribution is -2.08. The van der Waals surface area contributed by atoms with E-state index in [1.807, 2.05) is 26.0 Å². The highest BCUT2D eigenvalue weighted by Crippen LogP contribution is 2.22. The van der Waals surface area contributed by atoms with Crippen molar-refractivity contribution < 1.29 is 4.39 Å². The van der Waals surface area contributed by atoms with Crippen molar-refractivity contribution in [2.45, 2.75) is 19.9 Å². The van der Waals surface area contributed by atoms with Gasteiger partial charge in [-0.25, -0.2) is 9.37 Å². The van der Waals surface area contributed by atoms with Gasteiger partial charge in [0.25, 0.3) is 0 Å². The number of benzene rings is 1. The molecule has 0 saturated carbocycles. The molecule has 0 amide bonds. The van der Waals surface area contributed by atoms with Crippen molar-refractivity contribution in [3.63, 3.8) is 0 Å². The fourth-order valence-electron chi connectivity index (χ4n) is 1.64. The first-order valence-corrected chi connectivity index (χ1v) is 4.91. The maximum absolute atomic E-state index is 13.5. The molecule has 0 bridgehead atoms. The van der Waals surface area contributed by atoms with Gasteiger partial charge in [-0.15, -0.1) is 0 Å². The molecule has 0 spiro atoms. The molecule has 0 fully saturated rings. The van der Waals surface area contributed by atoms with Gasteiger partial charge in [0.15, 0.2) is 0 Å². The summed E-state index contributed by atoms with van der Waals surface area (Å²) in [5.74, 6) is -0.293. The molecule has 1 atom stereocenters. The highest BCUT2D eigenvalue weighted by Gasteiger charge is 2.08. The molecular weight excluding hydrogens is 191 g/mol. The number of para-hydroxylation sites is 1. The Morgan fingerprint density at radius 3 is 2.80 bits per heavy atom. The Balaban J connectivity index is 2.80. The predicted octanol–water partition coefficient (Wildman–Crippen LogP) is 2.70. The lowest BCUT2D eigenvalue weighted by atomic mass is 10.1. The molecule has 3 heteroatoms. The monoisotopic (exact) mass is 204 g/mol. The molecule has 1 aromatic carbocycles. The van der Waals surface area contributed by atoms with Gasteiger partial charge in [0, 0.05) is 11.4 Å². The van der Waals surface area contributed by atoms with Crippen LogP contribution in [0.25, 0.3) is 10.9 Å². The molecule has 2 N–H and O–H groups in total. The highest BCUT2D eigenvalue weighted by atomic mass is 19.1. The largest absolute Gasteiger partial charge is 0.323 e. The minimum Gasteiger partial charge on any atom is -0.323 e. The van der Waals surface area contributed by atoms with Crippen molar-refractivity contribution in [3.8, 4) is 0 Å². The lowest BCUT2D eigenvalue weighted by molar-refractivity contribution is 0.635. The van der Waals surface area contributed by atoms with Gasteiger partial charge in [0.05, 0.1) is 5.69 Å². The van der Waals surface area contributed by atoms with E-state index in [1.54, 1.807) is 6.07 Å². The van der Waals surface area contributed by atoms with Gasteiger partial charge < -0.3 is 5.73 Å². The van der Waals surface area contributed by atoms with Crippen molar-refractivity contribution >= 4 is 10.9 Å². The summed E-state index contributed by atoms with van der Waals surface area (Å²) in [5, 5.41) is 0.847. The summed E-state index contributed by atoms with van der Waals surface area (Å²) in [4.78, 5) is 4.24. The van der Waals surface area contributed by atoms with E-state index in [1.165, 1.54) is 6.07 Å². The van der Waals surface area contributed by atoms with E-state index in [0.29, 0.717) is 5.52 Å². The van der Waals surface area contributed by atoms with Gasteiger partial charge in [0.1, 0.15) is 11.3 Å². The molecule has 1 heterocycles. The molecule has 0 aliphatic heterocycles. The zero-order valence-corrected chi connectivity index (χ0v) is 8.79. The Hall–Kier alpha value is -1.48.